The van der Waals surface area contributed by atoms with Gasteiger partial charge in [0.25, 0.3) is 0 Å². The van der Waals surface area contributed by atoms with Crippen molar-refractivity contribution in [2.75, 3.05) is 13.1 Å². The summed E-state index contributed by atoms with van der Waals surface area (Å²) in [7, 11) is 0. The Bertz CT molecular complexity index is 1010. The number of nitrogens with zero attached hydrogens (tertiary/aromatic N) is 1. The van der Waals surface area contributed by atoms with Gasteiger partial charge in [0.05, 0.1) is 12.6 Å². The highest BCUT2D eigenvalue weighted by molar-refractivity contribution is 5.88. The fourth-order valence-electron chi connectivity index (χ4n) is 3.96. The molecule has 5 nitrogen and oxygen atoms in total. The summed E-state index contributed by atoms with van der Waals surface area (Å²) < 4.78 is 0. The van der Waals surface area contributed by atoms with Crippen molar-refractivity contribution in [1.29, 1.82) is 0 Å². The number of aromatic amines is 1. The van der Waals surface area contributed by atoms with Gasteiger partial charge in [-0.1, -0.05) is 62.4 Å². The number of H-pyrrole nitrogens is 1. The minimum absolute atomic E-state index is 0.0237. The van der Waals surface area contributed by atoms with Gasteiger partial charge in [0.2, 0.25) is 11.8 Å². The summed E-state index contributed by atoms with van der Waals surface area (Å²) in [5, 5.41) is 3.98. The Hall–Kier alpha value is -3.08. The summed E-state index contributed by atoms with van der Waals surface area (Å²) in [4.78, 5) is 30.4. The number of hydrogen-bond donors (Lipinski definition) is 2. The third-order valence-electron chi connectivity index (χ3n) is 5.41. The lowest BCUT2D eigenvalue weighted by Gasteiger charge is -2.36. The molecule has 144 valence electrons. The van der Waals surface area contributed by atoms with Crippen LogP contribution in [0.4, 0.5) is 0 Å². The highest BCUT2D eigenvalue weighted by atomic mass is 16.2. The van der Waals surface area contributed by atoms with Crippen molar-refractivity contribution >= 4 is 22.7 Å². The van der Waals surface area contributed by atoms with E-state index in [1.54, 1.807) is 0 Å². The molecule has 1 aliphatic rings. The molecule has 0 spiro atoms. The average Bonchev–Trinajstić information content (AvgIpc) is 3.10. The molecule has 1 unspecified atom stereocenters. The summed E-state index contributed by atoms with van der Waals surface area (Å²) in [6.45, 7) is 4.30. The SMILES string of the molecule is CC(C)C(=O)NCC(=O)N1CCc2c([nH]c3ccccc23)C1c1ccccc1. The van der Waals surface area contributed by atoms with Crippen molar-refractivity contribution in [2.45, 2.75) is 26.3 Å². The van der Waals surface area contributed by atoms with Crippen molar-refractivity contribution in [3.05, 3.63) is 71.4 Å². The molecule has 0 fully saturated rings. The van der Waals surface area contributed by atoms with E-state index >= 15 is 0 Å². The van der Waals surface area contributed by atoms with Gasteiger partial charge < -0.3 is 15.2 Å². The largest absolute Gasteiger partial charge is 0.356 e. The molecular weight excluding hydrogens is 350 g/mol. The Morgan fingerprint density at radius 1 is 1.11 bits per heavy atom. The van der Waals surface area contributed by atoms with E-state index in [1.165, 1.54) is 10.9 Å². The number of aromatic nitrogens is 1. The molecule has 0 saturated heterocycles. The summed E-state index contributed by atoms with van der Waals surface area (Å²) >= 11 is 0. The summed E-state index contributed by atoms with van der Waals surface area (Å²) in [5.41, 5.74) is 4.51. The molecule has 2 aromatic carbocycles. The first-order chi connectivity index (χ1) is 13.6. The van der Waals surface area contributed by atoms with E-state index in [1.807, 2.05) is 49.1 Å². The standard InChI is InChI=1S/C23H25N3O2/c1-15(2)23(28)24-14-20(27)26-13-12-18-17-10-6-7-11-19(17)25-21(18)22(26)16-8-4-3-5-9-16/h3-11,15,22,25H,12-14H2,1-2H3,(H,24,28). The molecule has 4 rings (SSSR count). The van der Waals surface area contributed by atoms with Crippen LogP contribution in [0.2, 0.25) is 0 Å². The second kappa shape index (κ2) is 7.50. The molecule has 2 N–H and O–H groups in total. The van der Waals surface area contributed by atoms with Gasteiger partial charge in [0, 0.05) is 29.1 Å². The van der Waals surface area contributed by atoms with Crippen LogP contribution in [0.25, 0.3) is 10.9 Å². The Kier molecular flexibility index (Phi) is 4.90. The number of carbonyl (C=O) groups excluding carboxylic acids is 2. The molecule has 0 saturated carbocycles. The lowest BCUT2D eigenvalue weighted by atomic mass is 9.92. The Balaban J connectivity index is 1.71. The molecule has 1 aliphatic heterocycles. The molecule has 28 heavy (non-hydrogen) atoms. The Morgan fingerprint density at radius 3 is 2.57 bits per heavy atom. The van der Waals surface area contributed by atoms with Gasteiger partial charge in [0.1, 0.15) is 0 Å². The quantitative estimate of drug-likeness (QED) is 0.734. The molecule has 2 amide bonds. The first kappa shape index (κ1) is 18.3. The second-order valence-electron chi connectivity index (χ2n) is 7.59. The first-order valence-corrected chi connectivity index (χ1v) is 9.78. The molecule has 1 aromatic heterocycles. The minimum atomic E-state index is -0.180. The number of carbonyl (C=O) groups is 2. The van der Waals surface area contributed by atoms with Crippen LogP contribution in [0.5, 0.6) is 0 Å². The lowest BCUT2D eigenvalue weighted by Crippen LogP contribution is -2.46. The lowest BCUT2D eigenvalue weighted by molar-refractivity contribution is -0.135. The van der Waals surface area contributed by atoms with E-state index in [4.69, 9.17) is 0 Å². The third kappa shape index (κ3) is 3.28. The van der Waals surface area contributed by atoms with Gasteiger partial charge in [-0.05, 0) is 23.6 Å². The predicted octanol–water partition coefficient (Wildman–Crippen LogP) is 3.41. The Labute approximate surface area is 164 Å². The maximum Gasteiger partial charge on any atom is 0.242 e. The van der Waals surface area contributed by atoms with E-state index in [0.29, 0.717) is 6.54 Å². The van der Waals surface area contributed by atoms with Gasteiger partial charge in [-0.15, -0.1) is 0 Å². The molecule has 5 heteroatoms. The van der Waals surface area contributed by atoms with E-state index in [9.17, 15) is 9.59 Å². The number of nitrogens with one attached hydrogen (secondary N) is 2. The Morgan fingerprint density at radius 2 is 1.82 bits per heavy atom. The van der Waals surface area contributed by atoms with E-state index < -0.39 is 0 Å². The van der Waals surface area contributed by atoms with Crippen LogP contribution in [0.3, 0.4) is 0 Å². The van der Waals surface area contributed by atoms with Crippen LogP contribution in [0, 0.1) is 5.92 Å². The fraction of sp³-hybridized carbons (Fsp3) is 0.304. The van der Waals surface area contributed by atoms with Crippen molar-refractivity contribution in [3.8, 4) is 0 Å². The normalized spacial score (nSPS) is 16.2. The number of benzene rings is 2. The summed E-state index contributed by atoms with van der Waals surface area (Å²) in [6.07, 6.45) is 0.798. The van der Waals surface area contributed by atoms with Crippen LogP contribution in [-0.4, -0.2) is 34.8 Å². The zero-order valence-electron chi connectivity index (χ0n) is 16.2. The number of amides is 2. The van der Waals surface area contributed by atoms with Crippen LogP contribution in [0.15, 0.2) is 54.6 Å². The first-order valence-electron chi connectivity index (χ1n) is 9.78. The highest BCUT2D eigenvalue weighted by Crippen LogP contribution is 2.38. The maximum atomic E-state index is 13.0. The number of rotatable bonds is 4. The third-order valence-corrected chi connectivity index (χ3v) is 5.41. The van der Waals surface area contributed by atoms with Crippen LogP contribution in [0.1, 0.15) is 36.7 Å². The molecule has 1 atom stereocenters. The van der Waals surface area contributed by atoms with Crippen LogP contribution in [-0.2, 0) is 16.0 Å². The monoisotopic (exact) mass is 375 g/mol. The van der Waals surface area contributed by atoms with Crippen molar-refractivity contribution < 1.29 is 9.59 Å². The highest BCUT2D eigenvalue weighted by Gasteiger charge is 2.34. The molecule has 2 heterocycles. The average molecular weight is 375 g/mol. The minimum Gasteiger partial charge on any atom is -0.356 e. The fourth-order valence-corrected chi connectivity index (χ4v) is 3.96. The van der Waals surface area contributed by atoms with Crippen molar-refractivity contribution in [3.63, 3.8) is 0 Å². The van der Waals surface area contributed by atoms with Crippen LogP contribution < -0.4 is 5.32 Å². The molecule has 0 bridgehead atoms. The maximum absolute atomic E-state index is 13.0. The van der Waals surface area contributed by atoms with Gasteiger partial charge in [-0.2, -0.15) is 0 Å². The predicted molar refractivity (Wildman–Crippen MR) is 110 cm³/mol. The van der Waals surface area contributed by atoms with Gasteiger partial charge in [-0.3, -0.25) is 9.59 Å². The topological polar surface area (TPSA) is 65.2 Å². The van der Waals surface area contributed by atoms with E-state index in [-0.39, 0.29) is 30.3 Å². The van der Waals surface area contributed by atoms with Gasteiger partial charge >= 0.3 is 0 Å². The molecule has 0 aliphatic carbocycles. The number of hydrogen-bond acceptors (Lipinski definition) is 2. The van der Waals surface area contributed by atoms with Crippen LogP contribution >= 0.6 is 0 Å². The molecule has 0 radical (unpaired) electrons. The van der Waals surface area contributed by atoms with Crippen molar-refractivity contribution in [2.24, 2.45) is 5.92 Å². The van der Waals surface area contributed by atoms with E-state index in [2.05, 4.69) is 34.6 Å². The molecule has 3 aromatic rings. The van der Waals surface area contributed by atoms with Gasteiger partial charge in [0.15, 0.2) is 0 Å². The van der Waals surface area contributed by atoms with E-state index in [0.717, 1.165) is 23.2 Å². The number of fused-ring (bicyclic) bond motifs is 3. The number of para-hydroxylation sites is 1. The van der Waals surface area contributed by atoms with Crippen molar-refractivity contribution in [1.82, 2.24) is 15.2 Å². The summed E-state index contributed by atoms with van der Waals surface area (Å²) in [6, 6.07) is 18.2. The zero-order valence-corrected chi connectivity index (χ0v) is 16.2. The molecular formula is C23H25N3O2. The zero-order chi connectivity index (χ0) is 19.7. The smallest absolute Gasteiger partial charge is 0.242 e. The second-order valence-corrected chi connectivity index (χ2v) is 7.59. The van der Waals surface area contributed by atoms with Gasteiger partial charge in [-0.25, -0.2) is 0 Å². The summed E-state index contributed by atoms with van der Waals surface area (Å²) in [5.74, 6) is -0.306.